The Hall–Kier alpha value is -2.59. The topological polar surface area (TPSA) is 75.7 Å². The van der Waals surface area contributed by atoms with Gasteiger partial charge >= 0.3 is 0 Å². The highest BCUT2D eigenvalue weighted by atomic mass is 32.2. The van der Waals surface area contributed by atoms with E-state index >= 15 is 0 Å². The molecule has 1 saturated heterocycles. The van der Waals surface area contributed by atoms with Crippen LogP contribution in [0.25, 0.3) is 10.4 Å². The number of hydrogen-bond donors (Lipinski definition) is 1. The number of amides is 1. The van der Waals surface area contributed by atoms with Crippen LogP contribution in [0.3, 0.4) is 0 Å². The zero-order chi connectivity index (χ0) is 21.8. The maximum atomic E-state index is 13.0. The Labute approximate surface area is 184 Å². The Balaban J connectivity index is 1.42. The lowest BCUT2D eigenvalue weighted by molar-refractivity contribution is 0.0731. The van der Waals surface area contributed by atoms with Crippen molar-refractivity contribution >= 4 is 27.3 Å². The highest BCUT2D eigenvalue weighted by Gasteiger charge is 2.27. The SMILES string of the molecule is O=C(NCc1ccc(F)cc1)c1ccc(-c2ccc(S(=O)(=O)N3CCOCC3)s2)cc1. The molecule has 1 amide bonds. The summed E-state index contributed by atoms with van der Waals surface area (Å²) in [5, 5.41) is 2.80. The summed E-state index contributed by atoms with van der Waals surface area (Å²) in [6.45, 7) is 1.83. The molecule has 0 aliphatic carbocycles. The first kappa shape index (κ1) is 21.6. The van der Waals surface area contributed by atoms with Crippen LogP contribution in [0.2, 0.25) is 0 Å². The van der Waals surface area contributed by atoms with Gasteiger partial charge in [0.2, 0.25) is 0 Å². The van der Waals surface area contributed by atoms with Crippen molar-refractivity contribution in [2.24, 2.45) is 0 Å². The molecule has 0 atom stereocenters. The van der Waals surface area contributed by atoms with Gasteiger partial charge in [-0.25, -0.2) is 12.8 Å². The lowest BCUT2D eigenvalue weighted by atomic mass is 10.1. The largest absolute Gasteiger partial charge is 0.379 e. The van der Waals surface area contributed by atoms with Gasteiger partial charge in [0.05, 0.1) is 13.2 Å². The summed E-state index contributed by atoms with van der Waals surface area (Å²) in [6.07, 6.45) is 0. The monoisotopic (exact) mass is 460 g/mol. The van der Waals surface area contributed by atoms with Crippen LogP contribution in [0.1, 0.15) is 15.9 Å². The molecule has 1 aliphatic heterocycles. The van der Waals surface area contributed by atoms with E-state index in [9.17, 15) is 17.6 Å². The number of carbonyl (C=O) groups is 1. The lowest BCUT2D eigenvalue weighted by Gasteiger charge is -2.25. The predicted octanol–water partition coefficient (Wildman–Crippen LogP) is 3.51. The highest BCUT2D eigenvalue weighted by molar-refractivity contribution is 7.91. The summed E-state index contributed by atoms with van der Waals surface area (Å²) in [7, 11) is -3.52. The van der Waals surface area contributed by atoms with Crippen molar-refractivity contribution in [1.29, 1.82) is 0 Å². The second-order valence-corrected chi connectivity index (χ2v) is 10.3. The van der Waals surface area contributed by atoms with E-state index in [2.05, 4.69) is 5.32 Å². The molecule has 31 heavy (non-hydrogen) atoms. The van der Waals surface area contributed by atoms with Gasteiger partial charge in [-0.2, -0.15) is 4.31 Å². The number of sulfonamides is 1. The molecule has 0 saturated carbocycles. The van der Waals surface area contributed by atoms with Gasteiger partial charge in [-0.05, 0) is 47.5 Å². The van der Waals surface area contributed by atoms with E-state index in [-0.39, 0.29) is 11.7 Å². The molecule has 9 heteroatoms. The number of carbonyl (C=O) groups excluding carboxylic acids is 1. The molecule has 1 aromatic heterocycles. The third-order valence-electron chi connectivity index (χ3n) is 4.94. The van der Waals surface area contributed by atoms with Crippen molar-refractivity contribution in [2.75, 3.05) is 26.3 Å². The fourth-order valence-corrected chi connectivity index (χ4v) is 6.07. The van der Waals surface area contributed by atoms with Gasteiger partial charge in [-0.1, -0.05) is 24.3 Å². The first-order valence-corrected chi connectivity index (χ1v) is 12.0. The molecule has 6 nitrogen and oxygen atoms in total. The number of nitrogens with one attached hydrogen (secondary N) is 1. The number of benzene rings is 2. The highest BCUT2D eigenvalue weighted by Crippen LogP contribution is 2.32. The van der Waals surface area contributed by atoms with Crippen LogP contribution in [-0.4, -0.2) is 44.9 Å². The van der Waals surface area contributed by atoms with Crippen LogP contribution in [0.15, 0.2) is 64.9 Å². The third kappa shape index (κ3) is 5.01. The average molecular weight is 461 g/mol. The van der Waals surface area contributed by atoms with E-state index in [0.717, 1.165) is 16.0 Å². The van der Waals surface area contributed by atoms with Crippen LogP contribution in [0, 0.1) is 5.82 Å². The van der Waals surface area contributed by atoms with Gasteiger partial charge in [0.25, 0.3) is 15.9 Å². The van der Waals surface area contributed by atoms with Gasteiger partial charge in [0.1, 0.15) is 10.0 Å². The van der Waals surface area contributed by atoms with Crippen molar-refractivity contribution in [1.82, 2.24) is 9.62 Å². The van der Waals surface area contributed by atoms with Crippen molar-refractivity contribution in [3.63, 3.8) is 0 Å². The first-order chi connectivity index (χ1) is 14.9. The van der Waals surface area contributed by atoms with E-state index in [1.165, 1.54) is 27.8 Å². The summed E-state index contributed by atoms with van der Waals surface area (Å²) in [4.78, 5) is 13.2. The quantitative estimate of drug-likeness (QED) is 0.611. The van der Waals surface area contributed by atoms with Gasteiger partial charge in [-0.15, -0.1) is 11.3 Å². The molecule has 4 rings (SSSR count). The van der Waals surface area contributed by atoms with Gasteiger partial charge in [-0.3, -0.25) is 4.79 Å². The molecular weight excluding hydrogens is 439 g/mol. The fraction of sp³-hybridized carbons (Fsp3) is 0.227. The normalized spacial score (nSPS) is 15.0. The maximum Gasteiger partial charge on any atom is 0.252 e. The smallest absolute Gasteiger partial charge is 0.252 e. The number of halogens is 1. The van der Waals surface area contributed by atoms with Crippen LogP contribution in [-0.2, 0) is 21.3 Å². The summed E-state index contributed by atoms with van der Waals surface area (Å²) in [6, 6.07) is 16.3. The molecule has 1 aliphatic rings. The van der Waals surface area contributed by atoms with E-state index < -0.39 is 10.0 Å². The van der Waals surface area contributed by atoms with Crippen LogP contribution < -0.4 is 5.32 Å². The number of morpholine rings is 1. The van der Waals surface area contributed by atoms with Gasteiger partial charge in [0, 0.05) is 30.1 Å². The number of nitrogens with zero attached hydrogens (tertiary/aromatic N) is 1. The Kier molecular flexibility index (Phi) is 6.47. The van der Waals surface area contributed by atoms with E-state index in [0.29, 0.717) is 42.6 Å². The summed E-state index contributed by atoms with van der Waals surface area (Å²) in [5.74, 6) is -0.558. The van der Waals surface area contributed by atoms with E-state index in [1.807, 2.05) is 0 Å². The average Bonchev–Trinajstić information content (AvgIpc) is 3.30. The van der Waals surface area contributed by atoms with Gasteiger partial charge in [0.15, 0.2) is 0 Å². The predicted molar refractivity (Wildman–Crippen MR) is 117 cm³/mol. The van der Waals surface area contributed by atoms with Gasteiger partial charge < -0.3 is 10.1 Å². The molecule has 2 aromatic carbocycles. The Morgan fingerprint density at radius 1 is 1.00 bits per heavy atom. The second-order valence-electron chi connectivity index (χ2n) is 7.02. The summed E-state index contributed by atoms with van der Waals surface area (Å²) in [5.41, 5.74) is 2.13. The molecule has 0 radical (unpaired) electrons. The second kappa shape index (κ2) is 9.27. The minimum Gasteiger partial charge on any atom is -0.379 e. The molecule has 3 aromatic rings. The summed E-state index contributed by atoms with van der Waals surface area (Å²) >= 11 is 1.21. The number of rotatable bonds is 6. The zero-order valence-corrected chi connectivity index (χ0v) is 18.2. The first-order valence-electron chi connectivity index (χ1n) is 9.74. The Morgan fingerprint density at radius 2 is 1.68 bits per heavy atom. The number of thiophene rings is 1. The van der Waals surface area contributed by atoms with Crippen molar-refractivity contribution in [2.45, 2.75) is 10.8 Å². The fourth-order valence-electron chi connectivity index (χ4n) is 3.20. The standard InChI is InChI=1S/C22H21FN2O4S2/c23-19-7-1-16(2-8-19)15-24-22(26)18-5-3-17(4-6-18)20-9-10-21(30-20)31(27,28)25-11-13-29-14-12-25/h1-10H,11-15H2,(H,24,26). The van der Waals surface area contributed by atoms with E-state index in [1.54, 1.807) is 48.5 Å². The molecule has 162 valence electrons. The molecule has 0 bridgehead atoms. The minimum atomic E-state index is -3.52. The van der Waals surface area contributed by atoms with Crippen LogP contribution >= 0.6 is 11.3 Å². The molecular formula is C22H21FN2O4S2. The van der Waals surface area contributed by atoms with Crippen molar-refractivity contribution < 1.29 is 22.3 Å². The third-order valence-corrected chi connectivity index (χ3v) is 8.44. The van der Waals surface area contributed by atoms with E-state index in [4.69, 9.17) is 4.74 Å². The van der Waals surface area contributed by atoms with Crippen LogP contribution in [0.4, 0.5) is 4.39 Å². The number of hydrogen-bond acceptors (Lipinski definition) is 5. The number of ether oxygens (including phenoxy) is 1. The summed E-state index contributed by atoms with van der Waals surface area (Å²) < 4.78 is 45.5. The molecule has 0 spiro atoms. The van der Waals surface area contributed by atoms with Crippen LogP contribution in [0.5, 0.6) is 0 Å². The Morgan fingerprint density at radius 3 is 2.35 bits per heavy atom. The van der Waals surface area contributed by atoms with Crippen molar-refractivity contribution in [3.8, 4) is 10.4 Å². The minimum absolute atomic E-state index is 0.238. The maximum absolute atomic E-state index is 13.0. The molecule has 2 heterocycles. The molecule has 1 N–H and O–H groups in total. The molecule has 1 fully saturated rings. The molecule has 0 unspecified atom stereocenters. The zero-order valence-electron chi connectivity index (χ0n) is 16.6. The Bertz CT molecular complexity index is 1150. The lowest BCUT2D eigenvalue weighted by Crippen LogP contribution is -2.40. The van der Waals surface area contributed by atoms with Crippen molar-refractivity contribution in [3.05, 3.63) is 77.6 Å².